The van der Waals surface area contributed by atoms with Gasteiger partial charge < -0.3 is 24.6 Å². The number of methoxy groups -OCH3 is 3. The van der Waals surface area contributed by atoms with Gasteiger partial charge in [-0.1, -0.05) is 65.2 Å². The van der Waals surface area contributed by atoms with Gasteiger partial charge in [0.15, 0.2) is 0 Å². The van der Waals surface area contributed by atoms with Crippen molar-refractivity contribution in [3.05, 3.63) is 142 Å². The molecule has 2 aliphatic carbocycles. The molecular weight excluding hydrogens is 819 g/mol. The first kappa shape index (κ1) is 39.9. The number of aromatic hydroxyl groups is 1. The predicted octanol–water partition coefficient (Wildman–Crippen LogP) is 8.66. The molecule has 5 aromatic carbocycles. The number of amides is 4. The number of phenolic OH excluding ortho intramolecular Hbond substituents is 1. The Kier molecular flexibility index (Phi) is 10.2. The van der Waals surface area contributed by atoms with Gasteiger partial charge in [0.1, 0.15) is 23.0 Å². The van der Waals surface area contributed by atoms with E-state index in [-0.39, 0.29) is 46.7 Å². The molecule has 3 N–H and O–H groups in total. The number of phenols is 1. The summed E-state index contributed by atoms with van der Waals surface area (Å²) in [5.74, 6) is -5.50. The predicted molar refractivity (Wildman–Crippen MR) is 230 cm³/mol. The molecule has 0 aromatic heterocycles. The van der Waals surface area contributed by atoms with Crippen molar-refractivity contribution in [2.24, 2.45) is 23.7 Å². The number of ether oxygens (including phenoxy) is 3. The van der Waals surface area contributed by atoms with Crippen LogP contribution in [0.25, 0.3) is 0 Å². The second-order valence-corrected chi connectivity index (χ2v) is 16.4. The summed E-state index contributed by atoms with van der Waals surface area (Å²) in [7, 11) is 4.41. The minimum absolute atomic E-state index is 0.0438. The fourth-order valence-electron chi connectivity index (χ4n) is 10.0. The number of imide groups is 2. The van der Waals surface area contributed by atoms with E-state index >= 15 is 9.59 Å². The van der Waals surface area contributed by atoms with Crippen LogP contribution in [0.5, 0.6) is 23.0 Å². The Balaban J connectivity index is 1.20. The number of carbonyl (C=O) groups is 4. The molecule has 0 spiro atoms. The van der Waals surface area contributed by atoms with Gasteiger partial charge in [-0.3, -0.25) is 29.5 Å². The molecule has 3 fully saturated rings. The van der Waals surface area contributed by atoms with Gasteiger partial charge in [-0.05, 0) is 91.1 Å². The molecule has 14 heteroatoms. The number of rotatable bonds is 10. The monoisotopic (exact) mass is 858 g/mol. The molecule has 9 rings (SSSR count). The van der Waals surface area contributed by atoms with Crippen LogP contribution in [0, 0.1) is 23.7 Å². The Labute approximate surface area is 361 Å². The van der Waals surface area contributed by atoms with Crippen molar-refractivity contribution in [2.45, 2.75) is 24.2 Å². The van der Waals surface area contributed by atoms with Crippen molar-refractivity contribution in [3.63, 3.8) is 0 Å². The van der Waals surface area contributed by atoms with Gasteiger partial charge in [0.2, 0.25) is 11.8 Å². The van der Waals surface area contributed by atoms with Crippen LogP contribution in [0.1, 0.15) is 29.9 Å². The highest BCUT2D eigenvalue weighted by molar-refractivity contribution is 6.36. The van der Waals surface area contributed by atoms with Crippen LogP contribution >= 0.6 is 23.2 Å². The second kappa shape index (κ2) is 15.5. The van der Waals surface area contributed by atoms with Crippen LogP contribution in [0.15, 0.2) is 121 Å². The number of hydrogen-bond donors (Lipinski definition) is 3. The number of anilines is 4. The van der Waals surface area contributed by atoms with Crippen molar-refractivity contribution in [1.29, 1.82) is 0 Å². The van der Waals surface area contributed by atoms with Crippen LogP contribution in [0.4, 0.5) is 22.7 Å². The first-order valence-electron chi connectivity index (χ1n) is 19.7. The van der Waals surface area contributed by atoms with Crippen LogP contribution in [-0.2, 0) is 24.6 Å². The van der Waals surface area contributed by atoms with E-state index < -0.39 is 52.7 Å². The Morgan fingerprint density at radius 2 is 1.41 bits per heavy atom. The molecule has 4 amide bonds. The number of para-hydroxylation sites is 1. The molecule has 2 aliphatic heterocycles. The Bertz CT molecular complexity index is 2600. The number of hydrazine groups is 1. The fourth-order valence-corrected chi connectivity index (χ4v) is 10.5. The van der Waals surface area contributed by atoms with Crippen molar-refractivity contribution in [1.82, 2.24) is 5.01 Å². The minimum Gasteiger partial charge on any atom is -0.508 e. The lowest BCUT2D eigenvalue weighted by Gasteiger charge is -2.51. The van der Waals surface area contributed by atoms with Gasteiger partial charge in [-0.2, -0.15) is 5.01 Å². The van der Waals surface area contributed by atoms with Crippen LogP contribution in [-0.4, -0.2) is 55.1 Å². The van der Waals surface area contributed by atoms with E-state index in [0.717, 1.165) is 16.4 Å². The molecule has 61 heavy (non-hydrogen) atoms. The van der Waals surface area contributed by atoms with Gasteiger partial charge >= 0.3 is 0 Å². The van der Waals surface area contributed by atoms with Crippen molar-refractivity contribution >= 4 is 69.6 Å². The summed E-state index contributed by atoms with van der Waals surface area (Å²) in [5.41, 5.74) is 5.23. The number of benzene rings is 5. The van der Waals surface area contributed by atoms with Crippen molar-refractivity contribution in [2.75, 3.05) is 37.0 Å². The first-order valence-corrected chi connectivity index (χ1v) is 20.4. The van der Waals surface area contributed by atoms with Gasteiger partial charge in [-0.25, -0.2) is 0 Å². The molecule has 4 aliphatic rings. The number of allylic oxidation sites excluding steroid dienone is 2. The lowest BCUT2D eigenvalue weighted by atomic mass is 9.49. The quantitative estimate of drug-likeness (QED) is 0.0922. The third-order valence-electron chi connectivity index (χ3n) is 12.6. The summed E-state index contributed by atoms with van der Waals surface area (Å²) in [6, 6.07) is 31.2. The Morgan fingerprint density at radius 1 is 0.738 bits per heavy atom. The van der Waals surface area contributed by atoms with E-state index in [9.17, 15) is 14.7 Å². The molecule has 6 unspecified atom stereocenters. The normalized spacial score (nSPS) is 24.1. The molecular formula is C47H40Cl2N4O8. The summed E-state index contributed by atoms with van der Waals surface area (Å²) in [4.78, 5) is 61.5. The van der Waals surface area contributed by atoms with E-state index in [2.05, 4.69) is 10.7 Å². The molecule has 6 atom stereocenters. The summed E-state index contributed by atoms with van der Waals surface area (Å²) >= 11 is 12.8. The van der Waals surface area contributed by atoms with Crippen LogP contribution in [0.3, 0.4) is 0 Å². The highest BCUT2D eigenvalue weighted by atomic mass is 35.5. The third-order valence-corrected chi connectivity index (χ3v) is 13.1. The van der Waals surface area contributed by atoms with Gasteiger partial charge in [0, 0.05) is 40.0 Å². The number of halogens is 2. The van der Waals surface area contributed by atoms with E-state index in [1.165, 1.54) is 44.4 Å². The number of carbonyl (C=O) groups excluding carboxylic acids is 4. The minimum atomic E-state index is -1.69. The maximum Gasteiger partial charge on any atom is 0.260 e. The SMILES string of the molecule is COc1ccc(C23C(=O)N(Nc4ccc(Cl)cc4Cl)C(=O)C2CC2C(=CCC4C(=O)N(c5ccc(Nc6ccccc6)cc5)C(=O)C42)C3c2c(OC)cc(O)cc2OC)cc1. The first-order chi connectivity index (χ1) is 29.5. The zero-order valence-corrected chi connectivity index (χ0v) is 34.7. The number of nitrogens with one attached hydrogen (secondary N) is 2. The topological polar surface area (TPSA) is 147 Å². The molecule has 2 heterocycles. The lowest BCUT2D eigenvalue weighted by molar-refractivity contribution is -0.138. The smallest absolute Gasteiger partial charge is 0.260 e. The largest absolute Gasteiger partial charge is 0.508 e. The molecule has 0 radical (unpaired) electrons. The molecule has 12 nitrogen and oxygen atoms in total. The lowest BCUT2D eigenvalue weighted by Crippen LogP contribution is -2.53. The second-order valence-electron chi connectivity index (χ2n) is 15.5. The molecule has 2 saturated heterocycles. The highest BCUT2D eigenvalue weighted by Gasteiger charge is 2.71. The summed E-state index contributed by atoms with van der Waals surface area (Å²) < 4.78 is 17.4. The molecule has 0 bridgehead atoms. The van der Waals surface area contributed by atoms with Gasteiger partial charge in [-0.15, -0.1) is 0 Å². The average Bonchev–Trinajstić information content (AvgIpc) is 3.65. The van der Waals surface area contributed by atoms with E-state index in [1.54, 1.807) is 48.5 Å². The molecule has 5 aromatic rings. The maximum atomic E-state index is 15.7. The van der Waals surface area contributed by atoms with E-state index in [4.69, 9.17) is 37.4 Å². The van der Waals surface area contributed by atoms with E-state index in [1.807, 2.05) is 48.5 Å². The highest BCUT2D eigenvalue weighted by Crippen LogP contribution is 2.66. The summed E-state index contributed by atoms with van der Waals surface area (Å²) in [5, 5.41) is 15.7. The molecule has 310 valence electrons. The van der Waals surface area contributed by atoms with Crippen molar-refractivity contribution in [3.8, 4) is 23.0 Å². The fraction of sp³-hybridized carbons (Fsp3) is 0.234. The number of hydrogen-bond acceptors (Lipinski definition) is 10. The Hall–Kier alpha value is -6.50. The summed E-state index contributed by atoms with van der Waals surface area (Å²) in [6.07, 6.45) is 2.18. The van der Waals surface area contributed by atoms with Crippen LogP contribution < -0.4 is 29.9 Å². The standard InChI is InChI=1S/C47H40Cl2N4O8/c1-59-31-16-9-25(10-17-31)47-35(44(56)53(46(47)58)51-37-20-11-26(48)21-36(37)49)24-34-32(42(47)41-38(60-2)22-30(54)23-39(41)61-3)18-19-33-40(34)45(57)52(43(33)55)29-14-12-28(13-15-29)50-27-7-5-4-6-8-27/h4-18,20-23,33-35,40,42,50-51,54H,19,24H2,1-3H3. The maximum absolute atomic E-state index is 15.7. The zero-order chi connectivity index (χ0) is 42.7. The van der Waals surface area contributed by atoms with Gasteiger partial charge in [0.25, 0.3) is 11.8 Å². The van der Waals surface area contributed by atoms with Gasteiger partial charge in [0.05, 0.1) is 60.9 Å². The Morgan fingerprint density at radius 3 is 2.05 bits per heavy atom. The molecule has 1 saturated carbocycles. The third kappa shape index (κ3) is 6.35. The number of nitrogens with zero attached hydrogens (tertiary/aromatic N) is 2. The summed E-state index contributed by atoms with van der Waals surface area (Å²) in [6.45, 7) is 0. The van der Waals surface area contributed by atoms with E-state index in [0.29, 0.717) is 33.2 Å². The number of fused-ring (bicyclic) bond motifs is 4. The van der Waals surface area contributed by atoms with Crippen LogP contribution in [0.2, 0.25) is 10.0 Å². The zero-order valence-electron chi connectivity index (χ0n) is 33.2. The average molecular weight is 860 g/mol. The van der Waals surface area contributed by atoms with Crippen molar-refractivity contribution < 1.29 is 38.5 Å².